The largest absolute Gasteiger partial charge is 0.380 e. The Labute approximate surface area is 95.5 Å². The molecule has 7 heteroatoms. The lowest BCUT2D eigenvalue weighted by Crippen LogP contribution is -2.12. The summed E-state index contributed by atoms with van der Waals surface area (Å²) in [6, 6.07) is 0. The zero-order valence-electron chi connectivity index (χ0n) is 9.51. The van der Waals surface area contributed by atoms with Crippen LogP contribution in [0.4, 0.5) is 0 Å². The fourth-order valence-electron chi connectivity index (χ4n) is 1.25. The summed E-state index contributed by atoms with van der Waals surface area (Å²) in [5.74, 6) is 0.615. The van der Waals surface area contributed by atoms with Crippen LogP contribution in [0, 0.1) is 6.92 Å². The van der Waals surface area contributed by atoms with Crippen molar-refractivity contribution in [1.82, 2.24) is 9.55 Å². The summed E-state index contributed by atoms with van der Waals surface area (Å²) in [7, 11) is -3.71. The molecule has 1 aromatic heterocycles. The summed E-state index contributed by atoms with van der Waals surface area (Å²) >= 11 is 0. The van der Waals surface area contributed by atoms with Gasteiger partial charge < -0.3 is 9.30 Å². The Morgan fingerprint density at radius 3 is 2.69 bits per heavy atom. The van der Waals surface area contributed by atoms with Gasteiger partial charge in [0, 0.05) is 19.3 Å². The molecule has 0 spiro atoms. The van der Waals surface area contributed by atoms with Crippen LogP contribution in [0.3, 0.4) is 0 Å². The van der Waals surface area contributed by atoms with Crippen molar-refractivity contribution in [2.45, 2.75) is 31.8 Å². The predicted octanol–water partition coefficient (Wildman–Crippen LogP) is 0.266. The first-order chi connectivity index (χ1) is 7.45. The van der Waals surface area contributed by atoms with Gasteiger partial charge in [0.2, 0.25) is 0 Å². The third kappa shape index (κ3) is 3.58. The lowest BCUT2D eigenvalue weighted by atomic mass is 10.5. The molecule has 1 heterocycles. The van der Waals surface area contributed by atoms with Gasteiger partial charge in [-0.15, -0.1) is 0 Å². The highest BCUT2D eigenvalue weighted by Gasteiger charge is 2.13. The van der Waals surface area contributed by atoms with Crippen LogP contribution in [0.5, 0.6) is 0 Å². The molecule has 0 atom stereocenters. The molecular formula is C9H17N3O3S. The van der Waals surface area contributed by atoms with E-state index < -0.39 is 10.0 Å². The number of ether oxygens (including phenoxy) is 1. The highest BCUT2D eigenvalue weighted by molar-refractivity contribution is 7.89. The van der Waals surface area contributed by atoms with Crippen molar-refractivity contribution in [1.29, 1.82) is 0 Å². The second kappa shape index (κ2) is 5.42. The zero-order chi connectivity index (χ0) is 12.2. The van der Waals surface area contributed by atoms with Crippen molar-refractivity contribution < 1.29 is 13.2 Å². The fraction of sp³-hybridized carbons (Fsp3) is 0.667. The van der Waals surface area contributed by atoms with Gasteiger partial charge in [-0.25, -0.2) is 18.5 Å². The molecule has 92 valence electrons. The molecule has 0 radical (unpaired) electrons. The van der Waals surface area contributed by atoms with Crippen molar-refractivity contribution in [3.63, 3.8) is 0 Å². The molecule has 0 fully saturated rings. The average molecular weight is 247 g/mol. The molecule has 0 unspecified atom stereocenters. The molecule has 0 amide bonds. The zero-order valence-corrected chi connectivity index (χ0v) is 10.3. The van der Waals surface area contributed by atoms with Gasteiger partial charge >= 0.3 is 0 Å². The maximum atomic E-state index is 11.0. The van der Waals surface area contributed by atoms with Gasteiger partial charge in [0.05, 0.1) is 6.61 Å². The van der Waals surface area contributed by atoms with E-state index in [4.69, 9.17) is 9.88 Å². The van der Waals surface area contributed by atoms with Crippen molar-refractivity contribution >= 4 is 10.0 Å². The molecule has 0 bridgehead atoms. The molecule has 6 nitrogen and oxygen atoms in total. The van der Waals surface area contributed by atoms with E-state index in [1.54, 1.807) is 11.5 Å². The Hall–Kier alpha value is -0.920. The van der Waals surface area contributed by atoms with Crippen molar-refractivity contribution in [3.05, 3.63) is 12.0 Å². The molecule has 0 aliphatic carbocycles. The lowest BCUT2D eigenvalue weighted by Gasteiger charge is -2.04. The summed E-state index contributed by atoms with van der Waals surface area (Å²) in [6.07, 6.45) is 2.39. The smallest absolute Gasteiger partial charge is 0.257 e. The minimum absolute atomic E-state index is 0.0968. The molecular weight excluding hydrogens is 230 g/mol. The standard InChI is InChI=1S/C9H17N3O3S/c1-3-5-15-6-4-12-7-9(11-8(12)2)16(10,13)14/h7H,3-6H2,1-2H3,(H2,10,13,14). The van der Waals surface area contributed by atoms with E-state index in [1.807, 2.05) is 6.92 Å². The van der Waals surface area contributed by atoms with E-state index in [9.17, 15) is 8.42 Å². The number of rotatable bonds is 6. The highest BCUT2D eigenvalue weighted by Crippen LogP contribution is 2.06. The van der Waals surface area contributed by atoms with Crippen LogP contribution < -0.4 is 5.14 Å². The molecule has 0 aliphatic heterocycles. The highest BCUT2D eigenvalue weighted by atomic mass is 32.2. The van der Waals surface area contributed by atoms with Crippen LogP contribution in [0.2, 0.25) is 0 Å². The van der Waals surface area contributed by atoms with E-state index in [2.05, 4.69) is 4.98 Å². The van der Waals surface area contributed by atoms with Gasteiger partial charge in [0.1, 0.15) is 5.82 Å². The number of nitrogens with zero attached hydrogens (tertiary/aromatic N) is 2. The number of primary sulfonamides is 1. The van der Waals surface area contributed by atoms with E-state index in [0.29, 0.717) is 25.6 Å². The molecule has 0 saturated heterocycles. The van der Waals surface area contributed by atoms with Crippen LogP contribution in [0.25, 0.3) is 0 Å². The SMILES string of the molecule is CCCOCCn1cc(S(N)(=O)=O)nc1C. The van der Waals surface area contributed by atoms with Gasteiger partial charge in [-0.2, -0.15) is 0 Å². The third-order valence-corrected chi connectivity index (χ3v) is 2.85. The minimum Gasteiger partial charge on any atom is -0.380 e. The molecule has 0 saturated carbocycles. The first kappa shape index (κ1) is 13.1. The summed E-state index contributed by atoms with van der Waals surface area (Å²) in [6.45, 7) is 5.58. The molecule has 1 rings (SSSR count). The second-order valence-corrected chi connectivity index (χ2v) is 4.99. The van der Waals surface area contributed by atoms with Gasteiger partial charge in [-0.3, -0.25) is 0 Å². The van der Waals surface area contributed by atoms with E-state index in [0.717, 1.165) is 6.42 Å². The average Bonchev–Trinajstić information content (AvgIpc) is 2.55. The Balaban J connectivity index is 2.64. The Bertz CT molecular complexity index is 439. The van der Waals surface area contributed by atoms with Crippen LogP contribution in [0.15, 0.2) is 11.2 Å². The molecule has 2 N–H and O–H groups in total. The Kier molecular flexibility index (Phi) is 4.45. The van der Waals surface area contributed by atoms with Crippen molar-refractivity contribution in [2.24, 2.45) is 5.14 Å². The van der Waals surface area contributed by atoms with Crippen molar-refractivity contribution in [2.75, 3.05) is 13.2 Å². The number of hydrogen-bond acceptors (Lipinski definition) is 4. The summed E-state index contributed by atoms with van der Waals surface area (Å²) in [4.78, 5) is 3.88. The number of aryl methyl sites for hydroxylation is 1. The second-order valence-electron chi connectivity index (χ2n) is 3.48. The number of nitrogens with two attached hydrogens (primary N) is 1. The summed E-state index contributed by atoms with van der Waals surface area (Å²) in [5, 5.41) is 4.88. The Morgan fingerprint density at radius 1 is 1.50 bits per heavy atom. The van der Waals surface area contributed by atoms with E-state index >= 15 is 0 Å². The van der Waals surface area contributed by atoms with Gasteiger partial charge in [-0.05, 0) is 13.3 Å². The monoisotopic (exact) mass is 247 g/mol. The maximum Gasteiger partial charge on any atom is 0.257 e. The minimum atomic E-state index is -3.71. The van der Waals surface area contributed by atoms with Crippen LogP contribution in [0.1, 0.15) is 19.2 Å². The summed E-state index contributed by atoms with van der Waals surface area (Å²) < 4.78 is 29.1. The van der Waals surface area contributed by atoms with Crippen LogP contribution in [-0.2, 0) is 21.3 Å². The predicted molar refractivity (Wildman–Crippen MR) is 59.4 cm³/mol. The Morgan fingerprint density at radius 2 is 2.19 bits per heavy atom. The number of imidazole rings is 1. The van der Waals surface area contributed by atoms with Crippen LogP contribution >= 0.6 is 0 Å². The molecule has 0 aromatic carbocycles. The van der Waals surface area contributed by atoms with Gasteiger partial charge in [-0.1, -0.05) is 6.92 Å². The third-order valence-electron chi connectivity index (χ3n) is 2.07. The number of sulfonamides is 1. The maximum absolute atomic E-state index is 11.0. The van der Waals surface area contributed by atoms with E-state index in [1.165, 1.54) is 6.20 Å². The first-order valence-electron chi connectivity index (χ1n) is 5.09. The van der Waals surface area contributed by atoms with E-state index in [-0.39, 0.29) is 5.03 Å². The van der Waals surface area contributed by atoms with Crippen molar-refractivity contribution in [3.8, 4) is 0 Å². The molecule has 16 heavy (non-hydrogen) atoms. The fourth-order valence-corrected chi connectivity index (χ4v) is 1.79. The number of aromatic nitrogens is 2. The van der Waals surface area contributed by atoms with Gasteiger partial charge in [0.15, 0.2) is 5.03 Å². The number of hydrogen-bond donors (Lipinski definition) is 1. The lowest BCUT2D eigenvalue weighted by molar-refractivity contribution is 0.126. The normalized spacial score (nSPS) is 11.9. The van der Waals surface area contributed by atoms with Crippen LogP contribution in [-0.4, -0.2) is 31.2 Å². The molecule has 1 aromatic rings. The first-order valence-corrected chi connectivity index (χ1v) is 6.64. The molecule has 0 aliphatic rings. The topological polar surface area (TPSA) is 87.2 Å². The van der Waals surface area contributed by atoms with Gasteiger partial charge in [0.25, 0.3) is 10.0 Å². The summed E-state index contributed by atoms with van der Waals surface area (Å²) in [5.41, 5.74) is 0. The quantitative estimate of drug-likeness (QED) is 0.731.